The molecule has 1 heterocycles. The minimum atomic E-state index is -0.342. The summed E-state index contributed by atoms with van der Waals surface area (Å²) in [6, 6.07) is 10.5. The summed E-state index contributed by atoms with van der Waals surface area (Å²) in [4.78, 5) is 16.0. The van der Waals surface area contributed by atoms with Crippen molar-refractivity contribution in [1.29, 1.82) is 0 Å². The van der Waals surface area contributed by atoms with Gasteiger partial charge >= 0.3 is 5.97 Å². The van der Waals surface area contributed by atoms with Crippen LogP contribution in [0.5, 0.6) is 17.2 Å². The molecule has 2 aromatic rings. The molecule has 0 aromatic heterocycles. The molecule has 0 N–H and O–H groups in total. The number of benzene rings is 2. The van der Waals surface area contributed by atoms with Gasteiger partial charge in [0.15, 0.2) is 11.5 Å². The SMILES string of the molecule is CCOC(=O)c1ccc(N=Cc2cc3c(cc2OC)OCO3)cc1. The fraction of sp³-hybridized carbons (Fsp3) is 0.222. The summed E-state index contributed by atoms with van der Waals surface area (Å²) in [5, 5.41) is 0. The average Bonchev–Trinajstić information content (AvgIpc) is 3.07. The highest BCUT2D eigenvalue weighted by Gasteiger charge is 2.17. The van der Waals surface area contributed by atoms with Gasteiger partial charge in [-0.15, -0.1) is 0 Å². The van der Waals surface area contributed by atoms with Crippen molar-refractivity contribution in [2.75, 3.05) is 20.5 Å². The van der Waals surface area contributed by atoms with E-state index in [0.717, 1.165) is 5.56 Å². The van der Waals surface area contributed by atoms with Crippen molar-refractivity contribution in [2.45, 2.75) is 6.92 Å². The average molecular weight is 327 g/mol. The lowest BCUT2D eigenvalue weighted by atomic mass is 10.2. The quantitative estimate of drug-likeness (QED) is 0.622. The van der Waals surface area contributed by atoms with E-state index in [4.69, 9.17) is 18.9 Å². The number of aliphatic imine (C=N–C) groups is 1. The number of nitrogens with zero attached hydrogens (tertiary/aromatic N) is 1. The minimum absolute atomic E-state index is 0.203. The summed E-state index contributed by atoms with van der Waals surface area (Å²) in [6.07, 6.45) is 1.68. The van der Waals surface area contributed by atoms with Crippen molar-refractivity contribution in [2.24, 2.45) is 4.99 Å². The molecule has 6 heteroatoms. The zero-order valence-corrected chi connectivity index (χ0v) is 13.4. The molecule has 124 valence electrons. The lowest BCUT2D eigenvalue weighted by Crippen LogP contribution is -2.03. The van der Waals surface area contributed by atoms with Gasteiger partial charge in [0.25, 0.3) is 0 Å². The summed E-state index contributed by atoms with van der Waals surface area (Å²) in [5.41, 5.74) is 1.98. The first-order valence-electron chi connectivity index (χ1n) is 7.50. The third kappa shape index (κ3) is 3.32. The molecule has 1 aliphatic heterocycles. The molecule has 0 saturated carbocycles. The highest BCUT2D eigenvalue weighted by atomic mass is 16.7. The second-order valence-electron chi connectivity index (χ2n) is 4.97. The Kier molecular flexibility index (Phi) is 4.65. The maximum Gasteiger partial charge on any atom is 0.338 e. The van der Waals surface area contributed by atoms with Crippen LogP contribution in [0.15, 0.2) is 41.4 Å². The van der Waals surface area contributed by atoms with Gasteiger partial charge in [-0.1, -0.05) is 0 Å². The van der Waals surface area contributed by atoms with Crippen LogP contribution in [0, 0.1) is 0 Å². The van der Waals surface area contributed by atoms with E-state index in [1.54, 1.807) is 50.6 Å². The Labute approximate surface area is 139 Å². The van der Waals surface area contributed by atoms with E-state index in [0.29, 0.717) is 35.1 Å². The van der Waals surface area contributed by atoms with Crippen LogP contribution >= 0.6 is 0 Å². The van der Waals surface area contributed by atoms with Crippen LogP contribution in [0.1, 0.15) is 22.8 Å². The second kappa shape index (κ2) is 7.04. The second-order valence-corrected chi connectivity index (χ2v) is 4.97. The van der Waals surface area contributed by atoms with Gasteiger partial charge in [0.05, 0.1) is 25.0 Å². The molecular weight excluding hydrogens is 310 g/mol. The Balaban J connectivity index is 1.79. The number of ether oxygens (including phenoxy) is 4. The first kappa shape index (κ1) is 15.9. The first-order chi connectivity index (χ1) is 11.7. The zero-order chi connectivity index (χ0) is 16.9. The van der Waals surface area contributed by atoms with Crippen molar-refractivity contribution < 1.29 is 23.7 Å². The Morgan fingerprint density at radius 1 is 1.21 bits per heavy atom. The summed E-state index contributed by atoms with van der Waals surface area (Å²) in [6.45, 7) is 2.33. The van der Waals surface area contributed by atoms with E-state index in [9.17, 15) is 4.79 Å². The lowest BCUT2D eigenvalue weighted by molar-refractivity contribution is 0.0526. The minimum Gasteiger partial charge on any atom is -0.496 e. The molecule has 3 rings (SSSR count). The Bertz CT molecular complexity index is 768. The number of methoxy groups -OCH3 is 1. The van der Waals surface area contributed by atoms with E-state index in [2.05, 4.69) is 4.99 Å². The van der Waals surface area contributed by atoms with Crippen LogP contribution in [-0.2, 0) is 4.74 Å². The van der Waals surface area contributed by atoms with Gasteiger partial charge in [-0.3, -0.25) is 4.99 Å². The number of carbonyl (C=O) groups is 1. The third-order valence-corrected chi connectivity index (χ3v) is 3.46. The van der Waals surface area contributed by atoms with Crippen molar-refractivity contribution in [1.82, 2.24) is 0 Å². The molecule has 0 fully saturated rings. The Morgan fingerprint density at radius 3 is 2.58 bits per heavy atom. The lowest BCUT2D eigenvalue weighted by Gasteiger charge is -2.06. The number of rotatable bonds is 5. The molecule has 0 spiro atoms. The summed E-state index contributed by atoms with van der Waals surface area (Å²) in [7, 11) is 1.59. The van der Waals surface area contributed by atoms with Gasteiger partial charge in [-0.2, -0.15) is 0 Å². The first-order valence-corrected chi connectivity index (χ1v) is 7.50. The topological polar surface area (TPSA) is 66.4 Å². The highest BCUT2D eigenvalue weighted by molar-refractivity contribution is 5.90. The third-order valence-electron chi connectivity index (χ3n) is 3.46. The van der Waals surface area contributed by atoms with Gasteiger partial charge in [0, 0.05) is 17.8 Å². The van der Waals surface area contributed by atoms with E-state index < -0.39 is 0 Å². The van der Waals surface area contributed by atoms with E-state index >= 15 is 0 Å². The summed E-state index contributed by atoms with van der Waals surface area (Å²) in [5.74, 6) is 1.62. The summed E-state index contributed by atoms with van der Waals surface area (Å²) < 4.78 is 21.0. The van der Waals surface area contributed by atoms with E-state index in [-0.39, 0.29) is 12.8 Å². The molecule has 0 bridgehead atoms. The molecule has 24 heavy (non-hydrogen) atoms. The van der Waals surface area contributed by atoms with Crippen molar-refractivity contribution in [3.8, 4) is 17.2 Å². The smallest absolute Gasteiger partial charge is 0.338 e. The van der Waals surface area contributed by atoms with Crippen LogP contribution in [0.2, 0.25) is 0 Å². The van der Waals surface area contributed by atoms with Crippen LogP contribution in [0.4, 0.5) is 5.69 Å². The normalized spacial score (nSPS) is 12.4. The monoisotopic (exact) mass is 327 g/mol. The predicted molar refractivity (Wildman–Crippen MR) is 88.8 cm³/mol. The van der Waals surface area contributed by atoms with Crippen LogP contribution < -0.4 is 14.2 Å². The molecule has 1 aliphatic rings. The van der Waals surface area contributed by atoms with Crippen molar-refractivity contribution >= 4 is 17.9 Å². The maximum absolute atomic E-state index is 11.6. The standard InChI is InChI=1S/C18H17NO5/c1-3-22-18(20)12-4-6-14(7-5-12)19-10-13-8-16-17(24-11-23-16)9-15(13)21-2/h4-10H,3,11H2,1-2H3. The maximum atomic E-state index is 11.6. The zero-order valence-electron chi connectivity index (χ0n) is 13.4. The molecule has 0 radical (unpaired) electrons. The van der Waals surface area contributed by atoms with Gasteiger partial charge in [0.1, 0.15) is 5.75 Å². The van der Waals surface area contributed by atoms with Gasteiger partial charge in [0.2, 0.25) is 6.79 Å². The van der Waals surface area contributed by atoms with Crippen LogP contribution in [-0.4, -0.2) is 32.7 Å². The molecule has 2 aromatic carbocycles. The molecular formula is C18H17NO5. The van der Waals surface area contributed by atoms with Crippen molar-refractivity contribution in [3.05, 3.63) is 47.5 Å². The van der Waals surface area contributed by atoms with Gasteiger partial charge in [-0.05, 0) is 37.3 Å². The van der Waals surface area contributed by atoms with Gasteiger partial charge < -0.3 is 18.9 Å². The highest BCUT2D eigenvalue weighted by Crippen LogP contribution is 2.37. The number of hydrogen-bond acceptors (Lipinski definition) is 6. The number of carbonyl (C=O) groups excluding carboxylic acids is 1. The van der Waals surface area contributed by atoms with Crippen molar-refractivity contribution in [3.63, 3.8) is 0 Å². The molecule has 6 nitrogen and oxygen atoms in total. The van der Waals surface area contributed by atoms with E-state index in [1.165, 1.54) is 0 Å². The summed E-state index contributed by atoms with van der Waals surface area (Å²) >= 11 is 0. The molecule has 0 atom stereocenters. The molecule has 0 amide bonds. The van der Waals surface area contributed by atoms with Crippen LogP contribution in [0.25, 0.3) is 0 Å². The fourth-order valence-electron chi connectivity index (χ4n) is 2.26. The molecule has 0 aliphatic carbocycles. The molecule has 0 saturated heterocycles. The van der Waals surface area contributed by atoms with E-state index in [1.807, 2.05) is 6.07 Å². The number of fused-ring (bicyclic) bond motifs is 1. The van der Waals surface area contributed by atoms with Crippen LogP contribution in [0.3, 0.4) is 0 Å². The molecule has 0 unspecified atom stereocenters. The largest absolute Gasteiger partial charge is 0.496 e. The Hall–Kier alpha value is -3.02. The number of hydrogen-bond donors (Lipinski definition) is 0. The fourth-order valence-corrected chi connectivity index (χ4v) is 2.26. The predicted octanol–water partition coefficient (Wildman–Crippen LogP) is 3.35. The van der Waals surface area contributed by atoms with Gasteiger partial charge in [-0.25, -0.2) is 4.79 Å². The Morgan fingerprint density at radius 2 is 1.92 bits per heavy atom. The number of esters is 1.